The second kappa shape index (κ2) is 6.27. The normalized spacial score (nSPS) is 8.42. The van der Waals surface area contributed by atoms with Crippen LogP contribution in [-0.4, -0.2) is 25.1 Å². The second-order valence-corrected chi connectivity index (χ2v) is 2.03. The molecule has 0 rings (SSSR count). The quantitative estimate of drug-likeness (QED) is 0.207. The van der Waals surface area contributed by atoms with Crippen LogP contribution in [-0.2, 0) is 14.4 Å². The van der Waals surface area contributed by atoms with Gasteiger partial charge in [0.1, 0.15) is 0 Å². The van der Waals surface area contributed by atoms with Crippen LogP contribution in [0.15, 0.2) is 17.1 Å². The highest BCUT2D eigenvalue weighted by atomic mass is 16.6. The van der Waals surface area contributed by atoms with Gasteiger partial charge in [0.2, 0.25) is 6.08 Å². The van der Waals surface area contributed by atoms with Gasteiger partial charge in [0.15, 0.2) is 0 Å². The van der Waals surface area contributed by atoms with Crippen LogP contribution in [0.2, 0.25) is 0 Å². The van der Waals surface area contributed by atoms with Gasteiger partial charge in [-0.3, -0.25) is 9.63 Å². The number of nitrogens with one attached hydrogen (secondary N) is 1. The third-order valence-electron chi connectivity index (χ3n) is 0.922. The van der Waals surface area contributed by atoms with Crippen molar-refractivity contribution in [2.24, 2.45) is 4.99 Å². The average Bonchev–Trinajstić information content (AvgIpc) is 2.03. The Kier molecular flexibility index (Phi) is 5.51. The van der Waals surface area contributed by atoms with Crippen LogP contribution in [0.1, 0.15) is 6.92 Å². The molecule has 0 spiro atoms. The van der Waals surface area contributed by atoms with Gasteiger partial charge >= 0.3 is 0 Å². The van der Waals surface area contributed by atoms with Crippen LogP contribution in [0.5, 0.6) is 0 Å². The van der Waals surface area contributed by atoms with Crippen LogP contribution in [0.25, 0.3) is 0 Å². The summed E-state index contributed by atoms with van der Waals surface area (Å²) < 4.78 is 0. The van der Waals surface area contributed by atoms with E-state index in [0.717, 1.165) is 0 Å². The molecule has 0 heterocycles. The van der Waals surface area contributed by atoms with Crippen molar-refractivity contribution in [2.75, 3.05) is 13.2 Å². The smallest absolute Gasteiger partial charge is 0.269 e. The Labute approximate surface area is 70.1 Å². The zero-order valence-corrected chi connectivity index (χ0v) is 6.79. The fourth-order valence-corrected chi connectivity index (χ4v) is 0.341. The van der Waals surface area contributed by atoms with E-state index in [0.29, 0.717) is 5.57 Å². The van der Waals surface area contributed by atoms with E-state index < -0.39 is 0 Å². The van der Waals surface area contributed by atoms with Gasteiger partial charge in [0.05, 0.1) is 13.2 Å². The van der Waals surface area contributed by atoms with Crippen LogP contribution in [0.3, 0.4) is 0 Å². The van der Waals surface area contributed by atoms with E-state index in [1.807, 2.05) is 0 Å². The molecule has 1 amide bonds. The molecule has 0 aliphatic carbocycles. The standard InChI is InChI=1S/C7H10N2O3/c1-6(2)7(11)9-12-4-3-8-5-10/h1,3-4H2,2H3,(H,9,11). The first kappa shape index (κ1) is 10.6. The highest BCUT2D eigenvalue weighted by molar-refractivity contribution is 5.91. The van der Waals surface area contributed by atoms with Gasteiger partial charge in [-0.15, -0.1) is 0 Å². The maximum Gasteiger partial charge on any atom is 0.269 e. The van der Waals surface area contributed by atoms with Gasteiger partial charge in [-0.05, 0) is 6.92 Å². The number of aliphatic imine (C=N–C) groups is 1. The van der Waals surface area contributed by atoms with Crippen LogP contribution >= 0.6 is 0 Å². The van der Waals surface area contributed by atoms with E-state index in [2.05, 4.69) is 21.9 Å². The van der Waals surface area contributed by atoms with Crippen molar-refractivity contribution >= 4 is 12.0 Å². The third kappa shape index (κ3) is 5.34. The number of isocyanates is 1. The predicted octanol–water partition coefficient (Wildman–Crippen LogP) is -0.0539. The maximum absolute atomic E-state index is 10.7. The van der Waals surface area contributed by atoms with Crippen molar-refractivity contribution in [1.82, 2.24) is 5.48 Å². The first-order chi connectivity index (χ1) is 5.68. The number of hydrogen-bond acceptors (Lipinski definition) is 4. The molecule has 12 heavy (non-hydrogen) atoms. The molecule has 0 aromatic heterocycles. The molecule has 5 heteroatoms. The molecular weight excluding hydrogens is 160 g/mol. The van der Waals surface area contributed by atoms with Gasteiger partial charge < -0.3 is 0 Å². The fourth-order valence-electron chi connectivity index (χ4n) is 0.341. The Hall–Kier alpha value is -1.45. The van der Waals surface area contributed by atoms with Gasteiger partial charge in [0.25, 0.3) is 5.91 Å². The molecule has 5 nitrogen and oxygen atoms in total. The average molecular weight is 170 g/mol. The molecule has 0 aliphatic heterocycles. The molecule has 0 aromatic carbocycles. The minimum Gasteiger partial charge on any atom is -0.271 e. The largest absolute Gasteiger partial charge is 0.271 e. The van der Waals surface area contributed by atoms with E-state index in [4.69, 9.17) is 0 Å². The zero-order valence-electron chi connectivity index (χ0n) is 6.79. The summed E-state index contributed by atoms with van der Waals surface area (Å²) in [5.41, 5.74) is 2.47. The van der Waals surface area contributed by atoms with Gasteiger partial charge in [-0.25, -0.2) is 15.3 Å². The second-order valence-electron chi connectivity index (χ2n) is 2.03. The minimum atomic E-state index is -0.384. The highest BCUT2D eigenvalue weighted by Crippen LogP contribution is 1.84. The molecule has 0 aliphatic rings. The Bertz CT molecular complexity index is 219. The lowest BCUT2D eigenvalue weighted by Crippen LogP contribution is -2.25. The maximum atomic E-state index is 10.7. The topological polar surface area (TPSA) is 67.8 Å². The van der Waals surface area contributed by atoms with Crippen LogP contribution in [0, 0.1) is 0 Å². The van der Waals surface area contributed by atoms with Crippen molar-refractivity contribution < 1.29 is 14.4 Å². The van der Waals surface area contributed by atoms with Gasteiger partial charge in [-0.2, -0.15) is 0 Å². The molecule has 0 unspecified atom stereocenters. The third-order valence-corrected chi connectivity index (χ3v) is 0.922. The number of carbonyl (C=O) groups excluding carboxylic acids is 2. The number of hydroxylamine groups is 1. The van der Waals surface area contributed by atoms with E-state index in [1.54, 1.807) is 6.92 Å². The summed E-state index contributed by atoms with van der Waals surface area (Å²) in [6.07, 6.45) is 1.34. The molecule has 1 N–H and O–H groups in total. The minimum absolute atomic E-state index is 0.147. The molecule has 0 bridgehead atoms. The summed E-state index contributed by atoms with van der Waals surface area (Å²) in [5.74, 6) is -0.384. The molecule has 0 saturated heterocycles. The predicted molar refractivity (Wildman–Crippen MR) is 41.9 cm³/mol. The molecule has 66 valence electrons. The van der Waals surface area contributed by atoms with Crippen molar-refractivity contribution in [3.63, 3.8) is 0 Å². The highest BCUT2D eigenvalue weighted by Gasteiger charge is 1.98. The molecule has 0 saturated carbocycles. The SMILES string of the molecule is C=C(C)C(=O)NOCCN=C=O. The van der Waals surface area contributed by atoms with E-state index in [-0.39, 0.29) is 19.1 Å². The molecule has 0 fully saturated rings. The van der Waals surface area contributed by atoms with Crippen molar-refractivity contribution in [3.8, 4) is 0 Å². The molecule has 0 aromatic rings. The summed E-state index contributed by atoms with van der Waals surface area (Å²) in [6.45, 7) is 5.28. The van der Waals surface area contributed by atoms with Crippen molar-refractivity contribution in [1.29, 1.82) is 0 Å². The van der Waals surface area contributed by atoms with Crippen molar-refractivity contribution in [2.45, 2.75) is 6.92 Å². The van der Waals surface area contributed by atoms with E-state index in [1.165, 1.54) is 6.08 Å². The monoisotopic (exact) mass is 170 g/mol. The molecule has 0 radical (unpaired) electrons. The summed E-state index contributed by atoms with van der Waals surface area (Å²) in [4.78, 5) is 28.1. The molecular formula is C7H10N2O3. The first-order valence-corrected chi connectivity index (χ1v) is 3.29. The number of amides is 1. The summed E-state index contributed by atoms with van der Waals surface area (Å²) in [7, 11) is 0. The van der Waals surface area contributed by atoms with Gasteiger partial charge in [0, 0.05) is 5.57 Å². The lowest BCUT2D eigenvalue weighted by Gasteiger charge is -2.02. The lowest BCUT2D eigenvalue weighted by atomic mass is 10.3. The fraction of sp³-hybridized carbons (Fsp3) is 0.429. The van der Waals surface area contributed by atoms with Crippen molar-refractivity contribution in [3.05, 3.63) is 12.2 Å². The van der Waals surface area contributed by atoms with Crippen LogP contribution < -0.4 is 5.48 Å². The number of rotatable bonds is 5. The summed E-state index contributed by atoms with van der Waals surface area (Å²) >= 11 is 0. The summed E-state index contributed by atoms with van der Waals surface area (Å²) in [6, 6.07) is 0. The molecule has 0 atom stereocenters. The lowest BCUT2D eigenvalue weighted by molar-refractivity contribution is -0.129. The number of carbonyl (C=O) groups is 1. The zero-order chi connectivity index (χ0) is 9.40. The number of nitrogens with zero attached hydrogens (tertiary/aromatic N) is 1. The van der Waals surface area contributed by atoms with E-state index >= 15 is 0 Å². The van der Waals surface area contributed by atoms with Crippen LogP contribution in [0.4, 0.5) is 0 Å². The Balaban J connectivity index is 3.37. The Morgan fingerprint density at radius 1 is 1.75 bits per heavy atom. The first-order valence-electron chi connectivity index (χ1n) is 3.29. The Morgan fingerprint density at radius 3 is 2.92 bits per heavy atom. The summed E-state index contributed by atoms with van der Waals surface area (Å²) in [5, 5.41) is 0. The van der Waals surface area contributed by atoms with Gasteiger partial charge in [-0.1, -0.05) is 6.58 Å². The Morgan fingerprint density at radius 2 is 2.42 bits per heavy atom. The number of hydrogen-bond donors (Lipinski definition) is 1. The van der Waals surface area contributed by atoms with E-state index in [9.17, 15) is 9.59 Å².